The topological polar surface area (TPSA) is 72.8 Å². The maximum Gasteiger partial charge on any atom is 0.306 e. The molecule has 0 aliphatic rings. The van der Waals surface area contributed by atoms with Gasteiger partial charge in [0.1, 0.15) is 6.61 Å². The number of rotatable bonds is 30. The molecule has 0 heterocycles. The summed E-state index contributed by atoms with van der Waals surface area (Å²) < 4.78 is 10.5. The third-order valence-electron chi connectivity index (χ3n) is 6.98. The van der Waals surface area contributed by atoms with Crippen molar-refractivity contribution in [3.8, 4) is 0 Å². The van der Waals surface area contributed by atoms with E-state index >= 15 is 0 Å². The average Bonchev–Trinajstić information content (AvgIpc) is 3.02. The summed E-state index contributed by atoms with van der Waals surface area (Å²) in [7, 11) is 0. The summed E-state index contributed by atoms with van der Waals surface area (Å²) in [5.74, 6) is -0.665. The molecule has 0 rings (SSSR count). The predicted molar refractivity (Wildman–Crippen MR) is 186 cm³/mol. The molecule has 0 aliphatic heterocycles. The maximum atomic E-state index is 12.1. The number of ether oxygens (including phenoxy) is 2. The van der Waals surface area contributed by atoms with Gasteiger partial charge in [0.2, 0.25) is 0 Å². The van der Waals surface area contributed by atoms with E-state index < -0.39 is 6.10 Å². The molecule has 0 saturated carbocycles. The number of carbonyl (C=O) groups excluding carboxylic acids is 2. The van der Waals surface area contributed by atoms with Crippen LogP contribution in [0.2, 0.25) is 0 Å². The van der Waals surface area contributed by atoms with Gasteiger partial charge in [-0.15, -0.1) is 0 Å². The standard InChI is InChI=1S/C39H64O5/c1-3-5-7-9-11-13-15-17-19-21-23-25-27-29-31-33-38(41)43-36-37(35-40)44-39(42)34-32-30-28-26-24-22-20-18-16-14-12-10-8-6-4-2/h5,7,11-14,17-20,24,26,37,40H,3-4,6,8-10,15-16,21-23,25,27-36H2,1-2H3/b7-5-,13-11-,14-12-,19-17-,20-18-,26-24-/t37-/m0/s1. The lowest BCUT2D eigenvalue weighted by Crippen LogP contribution is -2.28. The molecular formula is C39H64O5. The summed E-state index contributed by atoms with van der Waals surface area (Å²) in [5, 5.41) is 9.51. The van der Waals surface area contributed by atoms with Crippen LogP contribution in [0, 0.1) is 0 Å². The van der Waals surface area contributed by atoms with E-state index in [4.69, 9.17) is 9.47 Å². The van der Waals surface area contributed by atoms with E-state index in [0.717, 1.165) is 83.5 Å². The number of hydrogen-bond acceptors (Lipinski definition) is 5. The number of allylic oxidation sites excluding steroid dienone is 12. The van der Waals surface area contributed by atoms with Gasteiger partial charge in [0.25, 0.3) is 0 Å². The minimum Gasteiger partial charge on any atom is -0.462 e. The largest absolute Gasteiger partial charge is 0.462 e. The Morgan fingerprint density at radius 2 is 0.977 bits per heavy atom. The van der Waals surface area contributed by atoms with E-state index in [-0.39, 0.29) is 25.2 Å². The molecule has 0 fully saturated rings. The van der Waals surface area contributed by atoms with Gasteiger partial charge in [-0.3, -0.25) is 9.59 Å². The Kier molecular flexibility index (Phi) is 32.7. The lowest BCUT2D eigenvalue weighted by molar-refractivity contribution is -0.161. The number of aliphatic hydroxyl groups is 1. The van der Waals surface area contributed by atoms with E-state index in [1.807, 2.05) is 0 Å². The molecule has 0 saturated heterocycles. The lowest BCUT2D eigenvalue weighted by Gasteiger charge is -2.15. The quantitative estimate of drug-likeness (QED) is 0.0496. The highest BCUT2D eigenvalue weighted by molar-refractivity contribution is 5.70. The summed E-state index contributed by atoms with van der Waals surface area (Å²) in [5.41, 5.74) is 0. The van der Waals surface area contributed by atoms with Gasteiger partial charge in [-0.1, -0.05) is 119 Å². The fourth-order valence-electron chi connectivity index (χ4n) is 4.34. The SMILES string of the molecule is CC/C=C\C/C=C\C/C=C\CCCCCCCC(=O)OC[C@H](CO)OC(=O)CCCC/C=C\C/C=C\C/C=C\CCCCC. The van der Waals surface area contributed by atoms with Crippen LogP contribution >= 0.6 is 0 Å². The van der Waals surface area contributed by atoms with Crippen LogP contribution in [0.25, 0.3) is 0 Å². The molecule has 0 aromatic heterocycles. The molecule has 0 bridgehead atoms. The molecule has 0 amide bonds. The second-order valence-electron chi connectivity index (χ2n) is 11.2. The molecule has 1 atom stereocenters. The lowest BCUT2D eigenvalue weighted by atomic mass is 10.1. The zero-order valence-electron chi connectivity index (χ0n) is 28.1. The first-order valence-corrected chi connectivity index (χ1v) is 17.5. The molecule has 0 spiro atoms. The van der Waals surface area contributed by atoms with Gasteiger partial charge in [0.05, 0.1) is 6.61 Å². The van der Waals surface area contributed by atoms with Crippen LogP contribution in [-0.4, -0.2) is 36.4 Å². The van der Waals surface area contributed by atoms with Crippen molar-refractivity contribution in [2.75, 3.05) is 13.2 Å². The molecule has 0 aliphatic carbocycles. The summed E-state index contributed by atoms with van der Waals surface area (Å²) in [6, 6.07) is 0. The van der Waals surface area contributed by atoms with Crippen molar-refractivity contribution in [3.63, 3.8) is 0 Å². The normalized spacial score (nSPS) is 13.1. The number of esters is 2. The van der Waals surface area contributed by atoms with E-state index in [0.29, 0.717) is 12.8 Å². The summed E-state index contributed by atoms with van der Waals surface area (Å²) >= 11 is 0. The highest BCUT2D eigenvalue weighted by atomic mass is 16.6. The summed E-state index contributed by atoms with van der Waals surface area (Å²) in [4.78, 5) is 24.1. The van der Waals surface area contributed by atoms with Gasteiger partial charge < -0.3 is 14.6 Å². The Hall–Kier alpha value is -2.66. The molecule has 44 heavy (non-hydrogen) atoms. The van der Waals surface area contributed by atoms with Gasteiger partial charge in [-0.2, -0.15) is 0 Å². The minimum absolute atomic E-state index is 0.0943. The molecule has 5 heteroatoms. The summed E-state index contributed by atoms with van der Waals surface area (Å²) in [6.45, 7) is 3.92. The monoisotopic (exact) mass is 612 g/mol. The van der Waals surface area contributed by atoms with Crippen LogP contribution in [0.3, 0.4) is 0 Å². The second-order valence-corrected chi connectivity index (χ2v) is 11.2. The van der Waals surface area contributed by atoms with Gasteiger partial charge in [0.15, 0.2) is 6.10 Å². The van der Waals surface area contributed by atoms with Crippen molar-refractivity contribution in [2.45, 2.75) is 148 Å². The Morgan fingerprint density at radius 3 is 1.52 bits per heavy atom. The number of hydrogen-bond donors (Lipinski definition) is 1. The first-order valence-electron chi connectivity index (χ1n) is 17.5. The highest BCUT2D eigenvalue weighted by Gasteiger charge is 2.16. The van der Waals surface area contributed by atoms with Crippen LogP contribution in [0.4, 0.5) is 0 Å². The van der Waals surface area contributed by atoms with Crippen molar-refractivity contribution in [1.82, 2.24) is 0 Å². The van der Waals surface area contributed by atoms with Crippen LogP contribution in [-0.2, 0) is 19.1 Å². The molecule has 0 aromatic rings. The third-order valence-corrected chi connectivity index (χ3v) is 6.98. The van der Waals surface area contributed by atoms with Gasteiger partial charge in [0, 0.05) is 12.8 Å². The van der Waals surface area contributed by atoms with Crippen molar-refractivity contribution >= 4 is 11.9 Å². The fraction of sp³-hybridized carbons (Fsp3) is 0.641. The zero-order chi connectivity index (χ0) is 32.2. The van der Waals surface area contributed by atoms with E-state index in [2.05, 4.69) is 86.8 Å². The molecule has 0 aromatic carbocycles. The van der Waals surface area contributed by atoms with Crippen molar-refractivity contribution in [3.05, 3.63) is 72.9 Å². The zero-order valence-corrected chi connectivity index (χ0v) is 28.1. The van der Waals surface area contributed by atoms with Crippen molar-refractivity contribution < 1.29 is 24.2 Å². The minimum atomic E-state index is -0.800. The van der Waals surface area contributed by atoms with Gasteiger partial charge in [-0.25, -0.2) is 0 Å². The second kappa shape index (κ2) is 34.8. The van der Waals surface area contributed by atoms with Crippen LogP contribution < -0.4 is 0 Å². The molecule has 0 radical (unpaired) electrons. The van der Waals surface area contributed by atoms with Crippen LogP contribution in [0.15, 0.2) is 72.9 Å². The third kappa shape index (κ3) is 32.3. The summed E-state index contributed by atoms with van der Waals surface area (Å²) in [6.07, 6.45) is 45.2. The molecule has 250 valence electrons. The Balaban J connectivity index is 3.71. The molecule has 5 nitrogen and oxygen atoms in total. The van der Waals surface area contributed by atoms with Crippen molar-refractivity contribution in [2.24, 2.45) is 0 Å². The van der Waals surface area contributed by atoms with Gasteiger partial charge in [-0.05, 0) is 83.5 Å². The van der Waals surface area contributed by atoms with E-state index in [1.165, 1.54) is 32.1 Å². The van der Waals surface area contributed by atoms with Gasteiger partial charge >= 0.3 is 11.9 Å². The predicted octanol–water partition coefficient (Wildman–Crippen LogP) is 10.6. The Bertz CT molecular complexity index is 833. The number of unbranched alkanes of at least 4 members (excludes halogenated alkanes) is 10. The first-order chi connectivity index (χ1) is 21.6. The average molecular weight is 613 g/mol. The Labute approximate surface area is 270 Å². The molecule has 1 N–H and O–H groups in total. The van der Waals surface area contributed by atoms with Crippen molar-refractivity contribution in [1.29, 1.82) is 0 Å². The molecular weight excluding hydrogens is 548 g/mol. The Morgan fingerprint density at radius 1 is 0.545 bits per heavy atom. The van der Waals surface area contributed by atoms with E-state index in [9.17, 15) is 14.7 Å². The first kappa shape index (κ1) is 41.3. The fourth-order valence-corrected chi connectivity index (χ4v) is 4.34. The van der Waals surface area contributed by atoms with E-state index in [1.54, 1.807) is 0 Å². The number of aliphatic hydroxyl groups excluding tert-OH is 1. The maximum absolute atomic E-state index is 12.1. The number of carbonyl (C=O) groups is 2. The van der Waals surface area contributed by atoms with Crippen LogP contribution in [0.5, 0.6) is 0 Å². The molecule has 0 unspecified atom stereocenters. The smallest absolute Gasteiger partial charge is 0.306 e. The van der Waals surface area contributed by atoms with Crippen LogP contribution in [0.1, 0.15) is 142 Å². The highest BCUT2D eigenvalue weighted by Crippen LogP contribution is 2.10.